The minimum atomic E-state index is -3.11. The number of thiol groups is 2. The fourth-order valence-electron chi connectivity index (χ4n) is 0. The van der Waals surface area contributed by atoms with Crippen LogP contribution in [0, 0.1) is 0 Å². The van der Waals surface area contributed by atoms with Crippen LogP contribution >= 0.6 is 35.9 Å². The summed E-state index contributed by atoms with van der Waals surface area (Å²) < 4.78 is 0. The van der Waals surface area contributed by atoms with Gasteiger partial charge >= 0.3 is 0 Å². The molecule has 0 radical (unpaired) electrons. The van der Waals surface area contributed by atoms with Crippen LogP contribution in [0.15, 0.2) is 0 Å². The molecule has 13 heavy (non-hydrogen) atoms. The van der Waals surface area contributed by atoms with Gasteiger partial charge in [0, 0.05) is 0 Å². The quantitative estimate of drug-likeness (QED) is 0.218. The summed E-state index contributed by atoms with van der Waals surface area (Å²) in [5, 5.41) is 0. The lowest BCUT2D eigenvalue weighted by Gasteiger charge is -1.88. The predicted molar refractivity (Wildman–Crippen MR) is 66.3 cm³/mol. The topological polar surface area (TPSA) is 175 Å². The van der Waals surface area contributed by atoms with Gasteiger partial charge in [0.05, 0.1) is 0 Å². The molecule has 10 N–H and O–H groups in total. The Kier molecular flexibility index (Phi) is 26.6. The molecule has 13 heteroatoms. The van der Waals surface area contributed by atoms with Crippen LogP contribution in [-0.2, 0) is 23.6 Å². The lowest BCUT2D eigenvalue weighted by molar-refractivity contribution is 0.501. The summed E-state index contributed by atoms with van der Waals surface area (Å²) in [6.45, 7) is 0. The molecule has 0 atom stereocenters. The largest absolute Gasteiger partial charge is 0.412 e. The van der Waals surface area contributed by atoms with Crippen molar-refractivity contribution in [2.24, 2.45) is 0 Å². The van der Waals surface area contributed by atoms with Crippen molar-refractivity contribution in [2.45, 2.75) is 0 Å². The van der Waals surface area contributed by atoms with E-state index in [0.29, 0.717) is 0 Å². The third-order valence-corrected chi connectivity index (χ3v) is 0. The van der Waals surface area contributed by atoms with E-state index in [1.165, 1.54) is 0 Å². The first-order chi connectivity index (χ1) is 4.00. The summed E-state index contributed by atoms with van der Waals surface area (Å²) in [5.41, 5.74) is -6.22. The second-order valence-electron chi connectivity index (χ2n) is 1.03. The highest BCUT2D eigenvalue weighted by Crippen LogP contribution is 2.40. The van der Waals surface area contributed by atoms with E-state index in [4.69, 9.17) is 19.6 Å². The molecule has 7 nitrogen and oxygen atoms in total. The smallest absolute Gasteiger partial charge is 0.239 e. The van der Waals surface area contributed by atoms with E-state index in [1.54, 1.807) is 0 Å². The van der Waals surface area contributed by atoms with E-state index in [0.717, 1.165) is 0 Å². The van der Waals surface area contributed by atoms with Crippen LogP contribution in [0.3, 0.4) is 0 Å². The van der Waals surface area contributed by atoms with E-state index in [-0.39, 0.29) is 16.4 Å². The second-order valence-corrected chi connectivity index (χ2v) is 11.1. The Bertz CT molecular complexity index is 131. The van der Waals surface area contributed by atoms with Crippen molar-refractivity contribution in [3.63, 3.8) is 0 Å². The van der Waals surface area contributed by atoms with Gasteiger partial charge in [-0.05, 0) is 23.6 Å². The Hall–Kier alpha value is 1.72. The Morgan fingerprint density at radius 1 is 0.692 bits per heavy atom. The van der Waals surface area contributed by atoms with E-state index >= 15 is 0 Å². The van der Waals surface area contributed by atoms with Crippen molar-refractivity contribution < 1.29 is 36.0 Å². The molecule has 0 aromatic heterocycles. The van der Waals surface area contributed by atoms with Crippen molar-refractivity contribution in [1.82, 2.24) is 0 Å². The maximum absolute atomic E-state index is 7.87. The third-order valence-electron chi connectivity index (χ3n) is 0. The Morgan fingerprint density at radius 2 is 0.692 bits per heavy atom. The van der Waals surface area contributed by atoms with E-state index in [9.17, 15) is 0 Å². The molecule has 0 fully saturated rings. The van der Waals surface area contributed by atoms with Gasteiger partial charge in [-0.25, -0.2) is 0 Å². The minimum Gasteiger partial charge on any atom is -0.412 e. The van der Waals surface area contributed by atoms with Gasteiger partial charge in [0.1, 0.15) is 0 Å². The van der Waals surface area contributed by atoms with E-state index in [1.807, 2.05) is 0 Å². The molecule has 0 amide bonds. The number of hydrogen-bond donors (Lipinski definition) is 6. The minimum absolute atomic E-state index is 0. The molecule has 0 spiro atoms. The molecule has 0 unspecified atom stereocenters. The molecule has 0 aromatic carbocycles. The van der Waals surface area contributed by atoms with Crippen LogP contribution in [0.5, 0.6) is 0 Å². The fourth-order valence-corrected chi connectivity index (χ4v) is 0. The van der Waals surface area contributed by atoms with Gasteiger partial charge in [-0.2, -0.15) is 0 Å². The van der Waals surface area contributed by atoms with Crippen LogP contribution in [0.4, 0.5) is 0 Å². The first-order valence-electron chi connectivity index (χ1n) is 1.57. The highest BCUT2D eigenvalue weighted by atomic mass is 32.9. The highest BCUT2D eigenvalue weighted by molar-refractivity contribution is 8.59. The van der Waals surface area contributed by atoms with Crippen molar-refractivity contribution in [3.8, 4) is 0 Å². The molecular formula is H12O7P2S4. The Labute approximate surface area is 95.4 Å². The summed E-state index contributed by atoms with van der Waals surface area (Å²) in [6, 6.07) is 0. The Morgan fingerprint density at radius 3 is 0.692 bits per heavy atom. The monoisotopic (exact) mass is 314 g/mol. The number of rotatable bonds is 0. The molecule has 0 aliphatic carbocycles. The number of hydrogen-bond acceptors (Lipinski definition) is 2. The summed E-state index contributed by atoms with van der Waals surface area (Å²) in [4.78, 5) is 31.5. The summed E-state index contributed by atoms with van der Waals surface area (Å²) in [6.07, 6.45) is 0. The van der Waals surface area contributed by atoms with Gasteiger partial charge in [-0.1, -0.05) is 24.5 Å². The summed E-state index contributed by atoms with van der Waals surface area (Å²) in [7, 11) is 0. The molecule has 0 bridgehead atoms. The van der Waals surface area contributed by atoms with Crippen LogP contribution in [-0.4, -0.2) is 36.0 Å². The van der Waals surface area contributed by atoms with Crippen LogP contribution in [0.1, 0.15) is 0 Å². The van der Waals surface area contributed by atoms with Gasteiger partial charge in [-0.3, -0.25) is 0 Å². The molecule has 88 valence electrons. The lowest BCUT2D eigenvalue weighted by atomic mass is 15.9. The lowest BCUT2D eigenvalue weighted by Crippen LogP contribution is -1.53. The summed E-state index contributed by atoms with van der Waals surface area (Å²) in [5.74, 6) is 0. The van der Waals surface area contributed by atoms with Gasteiger partial charge in [0.25, 0.3) is 0 Å². The normalized spacial score (nSPS) is 9.08. The summed E-state index contributed by atoms with van der Waals surface area (Å²) >= 11 is 14.1. The Balaban J connectivity index is -0.0000000267. The first kappa shape index (κ1) is 29.3. The van der Waals surface area contributed by atoms with Crippen molar-refractivity contribution in [1.29, 1.82) is 0 Å². The zero-order valence-electron chi connectivity index (χ0n) is 5.89. The molecule has 0 saturated heterocycles. The van der Waals surface area contributed by atoms with Gasteiger partial charge in [-0.15, -0.1) is 0 Å². The van der Waals surface area contributed by atoms with Crippen LogP contribution in [0.2, 0.25) is 0 Å². The molecule has 0 heterocycles. The van der Waals surface area contributed by atoms with Crippen molar-refractivity contribution in [3.05, 3.63) is 0 Å². The third kappa shape index (κ3) is 637. The van der Waals surface area contributed by atoms with Crippen molar-refractivity contribution >= 4 is 59.5 Å². The molecule has 0 aliphatic rings. The predicted octanol–water partition coefficient (Wildman–Crippen LogP) is -2.22. The van der Waals surface area contributed by atoms with Crippen LogP contribution in [0.25, 0.3) is 0 Å². The van der Waals surface area contributed by atoms with Gasteiger partial charge in [0.15, 0.2) is 0 Å². The average Bonchev–Trinajstić information content (AvgIpc) is 1.12. The van der Waals surface area contributed by atoms with Gasteiger partial charge in [0.2, 0.25) is 11.4 Å². The first-order valence-corrected chi connectivity index (χ1v) is 9.29. The average molecular weight is 314 g/mol. The van der Waals surface area contributed by atoms with Gasteiger partial charge < -0.3 is 36.0 Å². The molecule has 0 rings (SSSR count). The molecule has 0 saturated carbocycles. The zero-order chi connectivity index (χ0) is 9.00. The SMILES string of the molecule is O.O.O.OP(O)(=S)S.OP(O)(=S)S. The molecular weight excluding hydrogens is 302 g/mol. The fraction of sp³-hybridized carbons (Fsp3) is 0. The van der Waals surface area contributed by atoms with E-state index in [2.05, 4.69) is 48.1 Å². The highest BCUT2D eigenvalue weighted by Gasteiger charge is 1.90. The standard InChI is InChI=1S/2H3O2PS2.3H2O/c2*1-3(2,4)5;;;/h2*(H3,1,2,4,5);3*1H2. The molecule has 0 aliphatic heterocycles. The maximum Gasteiger partial charge on any atom is 0.239 e. The van der Waals surface area contributed by atoms with E-state index < -0.39 is 11.4 Å². The van der Waals surface area contributed by atoms with Crippen molar-refractivity contribution in [2.75, 3.05) is 0 Å². The zero-order valence-corrected chi connectivity index (χ0v) is 11.1. The van der Waals surface area contributed by atoms with Crippen LogP contribution < -0.4 is 0 Å². The maximum atomic E-state index is 7.87. The molecule has 0 aromatic rings. The second kappa shape index (κ2) is 11.8.